The maximum absolute atomic E-state index is 5.36. The Kier molecular flexibility index (Phi) is 4.42. The quantitative estimate of drug-likeness (QED) is 0.476. The molecule has 1 unspecified atom stereocenters. The molecule has 0 bridgehead atoms. The highest BCUT2D eigenvalue weighted by atomic mass is 32.1. The maximum atomic E-state index is 5.36. The van der Waals surface area contributed by atoms with Gasteiger partial charge < -0.3 is 13.5 Å². The lowest BCUT2D eigenvalue weighted by atomic mass is 10.1. The third kappa shape index (κ3) is 3.32. The lowest BCUT2D eigenvalue weighted by molar-refractivity contribution is 0.405. The molecule has 4 heterocycles. The number of hydrogen-bond acceptors (Lipinski definition) is 8. The largest absolute Gasteiger partial charge is 0.459 e. The Morgan fingerprint density at radius 1 is 0.962 bits per heavy atom. The third-order valence-electron chi connectivity index (χ3n) is 3.95. The Labute approximate surface area is 154 Å². The predicted molar refractivity (Wildman–Crippen MR) is 95.8 cm³/mol. The van der Waals surface area contributed by atoms with Gasteiger partial charge >= 0.3 is 0 Å². The highest BCUT2D eigenvalue weighted by Gasteiger charge is 2.19. The SMILES string of the molecule is CC(C)c1noc(-c2ccc(CC(C)c3noc(-c4ccco4)n3)s2)n1. The van der Waals surface area contributed by atoms with Crippen molar-refractivity contribution >= 4 is 11.3 Å². The van der Waals surface area contributed by atoms with E-state index in [-0.39, 0.29) is 11.8 Å². The first-order valence-electron chi connectivity index (χ1n) is 8.40. The normalized spacial score (nSPS) is 12.8. The van der Waals surface area contributed by atoms with Crippen LogP contribution in [-0.2, 0) is 6.42 Å². The van der Waals surface area contributed by atoms with Crippen LogP contribution in [0.25, 0.3) is 22.4 Å². The first kappa shape index (κ1) is 16.7. The molecule has 0 spiro atoms. The molecule has 0 aliphatic carbocycles. The Morgan fingerprint density at radius 2 is 1.73 bits per heavy atom. The van der Waals surface area contributed by atoms with Gasteiger partial charge in [0.1, 0.15) is 0 Å². The molecular weight excluding hydrogens is 352 g/mol. The minimum Gasteiger partial charge on any atom is -0.459 e. The molecule has 0 aliphatic rings. The first-order valence-corrected chi connectivity index (χ1v) is 9.22. The summed E-state index contributed by atoms with van der Waals surface area (Å²) < 4.78 is 15.9. The van der Waals surface area contributed by atoms with Crippen LogP contribution in [0.4, 0.5) is 0 Å². The molecule has 8 heteroatoms. The van der Waals surface area contributed by atoms with Crippen molar-refractivity contribution < 1.29 is 13.5 Å². The highest BCUT2D eigenvalue weighted by Crippen LogP contribution is 2.31. The molecule has 0 saturated carbocycles. The molecule has 0 saturated heterocycles. The van der Waals surface area contributed by atoms with Crippen molar-refractivity contribution in [3.8, 4) is 22.4 Å². The summed E-state index contributed by atoms with van der Waals surface area (Å²) in [6, 6.07) is 7.67. The van der Waals surface area contributed by atoms with E-state index in [1.807, 2.05) is 19.9 Å². The van der Waals surface area contributed by atoms with Crippen molar-refractivity contribution in [2.24, 2.45) is 0 Å². The van der Waals surface area contributed by atoms with Gasteiger partial charge in [0, 0.05) is 16.7 Å². The molecule has 1 atom stereocenters. The average molecular weight is 370 g/mol. The van der Waals surface area contributed by atoms with E-state index in [1.54, 1.807) is 29.7 Å². The Hall–Kier alpha value is -2.74. The zero-order chi connectivity index (χ0) is 18.1. The second-order valence-corrected chi connectivity index (χ2v) is 7.59. The molecular formula is C18H18N4O3S. The summed E-state index contributed by atoms with van der Waals surface area (Å²) in [4.78, 5) is 11.0. The molecule has 4 aromatic heterocycles. The Balaban J connectivity index is 1.46. The predicted octanol–water partition coefficient (Wildman–Crippen LogP) is 4.91. The van der Waals surface area contributed by atoms with Gasteiger partial charge in [-0.2, -0.15) is 9.97 Å². The number of thiophene rings is 1. The molecule has 26 heavy (non-hydrogen) atoms. The van der Waals surface area contributed by atoms with Crippen molar-refractivity contribution in [2.45, 2.75) is 39.0 Å². The molecule has 0 amide bonds. The van der Waals surface area contributed by atoms with Crippen LogP contribution in [0, 0.1) is 0 Å². The summed E-state index contributed by atoms with van der Waals surface area (Å²) in [7, 11) is 0. The van der Waals surface area contributed by atoms with Gasteiger partial charge in [-0.1, -0.05) is 31.1 Å². The maximum Gasteiger partial charge on any atom is 0.293 e. The molecule has 0 aromatic carbocycles. The van der Waals surface area contributed by atoms with E-state index in [4.69, 9.17) is 13.5 Å². The number of rotatable bonds is 6. The van der Waals surface area contributed by atoms with E-state index in [0.717, 1.165) is 17.1 Å². The van der Waals surface area contributed by atoms with E-state index in [2.05, 4.69) is 33.3 Å². The molecule has 0 radical (unpaired) electrons. The number of furan rings is 1. The van der Waals surface area contributed by atoms with Gasteiger partial charge in [0.15, 0.2) is 17.4 Å². The van der Waals surface area contributed by atoms with E-state index < -0.39 is 0 Å². The molecule has 4 aromatic rings. The van der Waals surface area contributed by atoms with Crippen LogP contribution in [0.3, 0.4) is 0 Å². The van der Waals surface area contributed by atoms with E-state index in [9.17, 15) is 0 Å². The Bertz CT molecular complexity index is 984. The van der Waals surface area contributed by atoms with Gasteiger partial charge in [-0.05, 0) is 30.7 Å². The fourth-order valence-electron chi connectivity index (χ4n) is 2.50. The van der Waals surface area contributed by atoms with Crippen LogP contribution in [-0.4, -0.2) is 20.3 Å². The summed E-state index contributed by atoms with van der Waals surface area (Å²) in [5, 5.41) is 8.09. The monoisotopic (exact) mass is 370 g/mol. The molecule has 0 fully saturated rings. The second-order valence-electron chi connectivity index (χ2n) is 6.42. The highest BCUT2D eigenvalue weighted by molar-refractivity contribution is 7.15. The van der Waals surface area contributed by atoms with Crippen molar-refractivity contribution in [2.75, 3.05) is 0 Å². The molecule has 4 rings (SSSR count). The topological polar surface area (TPSA) is 91.0 Å². The third-order valence-corrected chi connectivity index (χ3v) is 5.05. The summed E-state index contributed by atoms with van der Waals surface area (Å²) >= 11 is 1.64. The van der Waals surface area contributed by atoms with E-state index >= 15 is 0 Å². The second kappa shape index (κ2) is 6.87. The zero-order valence-electron chi connectivity index (χ0n) is 14.7. The summed E-state index contributed by atoms with van der Waals surface area (Å²) in [6.07, 6.45) is 2.38. The minimum absolute atomic E-state index is 0.114. The van der Waals surface area contributed by atoms with Crippen molar-refractivity contribution in [1.29, 1.82) is 0 Å². The molecule has 7 nitrogen and oxygen atoms in total. The van der Waals surface area contributed by atoms with Crippen LogP contribution < -0.4 is 0 Å². The van der Waals surface area contributed by atoms with Gasteiger partial charge in [-0.3, -0.25) is 0 Å². The Morgan fingerprint density at radius 3 is 2.46 bits per heavy atom. The summed E-state index contributed by atoms with van der Waals surface area (Å²) in [5.41, 5.74) is 0. The number of hydrogen-bond donors (Lipinski definition) is 0. The van der Waals surface area contributed by atoms with Crippen LogP contribution in [0.2, 0.25) is 0 Å². The van der Waals surface area contributed by atoms with Crippen molar-refractivity contribution in [3.05, 3.63) is 47.1 Å². The lowest BCUT2D eigenvalue weighted by Gasteiger charge is -2.03. The zero-order valence-corrected chi connectivity index (χ0v) is 15.5. The fourth-order valence-corrected chi connectivity index (χ4v) is 3.56. The van der Waals surface area contributed by atoms with Crippen LogP contribution >= 0.6 is 11.3 Å². The van der Waals surface area contributed by atoms with E-state index in [0.29, 0.717) is 23.4 Å². The fraction of sp³-hybridized carbons (Fsp3) is 0.333. The molecule has 134 valence electrons. The van der Waals surface area contributed by atoms with Gasteiger partial charge in [0.25, 0.3) is 11.8 Å². The molecule has 0 N–H and O–H groups in total. The number of nitrogens with zero attached hydrogens (tertiary/aromatic N) is 4. The standard InChI is InChI=1S/C18H18N4O3S/c1-10(2)15-19-18(25-21-15)14-7-6-12(26-14)9-11(3)16-20-17(24-22-16)13-5-4-8-23-13/h4-8,10-11H,9H2,1-3H3. The number of aromatic nitrogens is 4. The molecule has 0 aliphatic heterocycles. The van der Waals surface area contributed by atoms with Gasteiger partial charge in [0.05, 0.1) is 11.1 Å². The smallest absolute Gasteiger partial charge is 0.293 e. The van der Waals surface area contributed by atoms with Gasteiger partial charge in [-0.25, -0.2) is 0 Å². The van der Waals surface area contributed by atoms with Crippen molar-refractivity contribution in [3.63, 3.8) is 0 Å². The van der Waals surface area contributed by atoms with Crippen molar-refractivity contribution in [1.82, 2.24) is 20.3 Å². The lowest BCUT2D eigenvalue weighted by Crippen LogP contribution is -1.99. The first-order chi connectivity index (χ1) is 12.6. The van der Waals surface area contributed by atoms with Gasteiger partial charge in [0.2, 0.25) is 0 Å². The summed E-state index contributed by atoms with van der Waals surface area (Å²) in [5.74, 6) is 3.28. The van der Waals surface area contributed by atoms with Crippen LogP contribution in [0.15, 0.2) is 44.0 Å². The average Bonchev–Trinajstić information content (AvgIpc) is 3.39. The van der Waals surface area contributed by atoms with E-state index in [1.165, 1.54) is 4.88 Å². The van der Waals surface area contributed by atoms with Crippen LogP contribution in [0.1, 0.15) is 49.1 Å². The summed E-state index contributed by atoms with van der Waals surface area (Å²) in [6.45, 7) is 6.15. The van der Waals surface area contributed by atoms with Crippen LogP contribution in [0.5, 0.6) is 0 Å². The van der Waals surface area contributed by atoms with Gasteiger partial charge in [-0.15, -0.1) is 11.3 Å². The minimum atomic E-state index is 0.114.